The quantitative estimate of drug-likeness (QED) is 0.242. The minimum atomic E-state index is -4.15. The first-order chi connectivity index (χ1) is 18.7. The number of benzene rings is 4. The fourth-order valence-corrected chi connectivity index (χ4v) is 5.41. The highest BCUT2D eigenvalue weighted by atomic mass is 35.5. The van der Waals surface area contributed by atoms with Crippen LogP contribution in [0, 0.1) is 6.92 Å². The van der Waals surface area contributed by atoms with E-state index in [1.807, 2.05) is 6.92 Å². The molecule has 0 unspecified atom stereocenters. The van der Waals surface area contributed by atoms with Gasteiger partial charge in [0.2, 0.25) is 5.91 Å². The molecule has 0 atom stereocenters. The van der Waals surface area contributed by atoms with Gasteiger partial charge < -0.3 is 19.5 Å². The van der Waals surface area contributed by atoms with E-state index in [0.717, 1.165) is 9.87 Å². The lowest BCUT2D eigenvalue weighted by molar-refractivity contribution is -0.114. The van der Waals surface area contributed by atoms with Gasteiger partial charge in [0.25, 0.3) is 10.0 Å². The number of methoxy groups -OCH3 is 2. The molecule has 1 amide bonds. The Hall–Kier alpha value is -4.21. The number of hydrogen-bond acceptors (Lipinski definition) is 6. The molecule has 0 saturated heterocycles. The number of anilines is 2. The van der Waals surface area contributed by atoms with Crippen LogP contribution in [0.15, 0.2) is 95.9 Å². The summed E-state index contributed by atoms with van der Waals surface area (Å²) in [6.45, 7) is 1.31. The van der Waals surface area contributed by atoms with Gasteiger partial charge in [-0.3, -0.25) is 9.10 Å². The molecule has 0 aliphatic heterocycles. The molecule has 0 aliphatic carbocycles. The van der Waals surface area contributed by atoms with Crippen LogP contribution in [0.4, 0.5) is 11.4 Å². The van der Waals surface area contributed by atoms with Crippen molar-refractivity contribution in [3.8, 4) is 23.0 Å². The predicted octanol–water partition coefficient (Wildman–Crippen LogP) is 6.29. The van der Waals surface area contributed by atoms with E-state index >= 15 is 0 Å². The molecule has 4 aromatic carbocycles. The number of sulfonamides is 1. The van der Waals surface area contributed by atoms with Crippen LogP contribution in [0.5, 0.6) is 23.0 Å². The fourth-order valence-electron chi connectivity index (χ4n) is 3.80. The van der Waals surface area contributed by atoms with Crippen molar-refractivity contribution in [2.45, 2.75) is 11.8 Å². The molecule has 0 fully saturated rings. The van der Waals surface area contributed by atoms with Crippen molar-refractivity contribution in [2.75, 3.05) is 30.4 Å². The van der Waals surface area contributed by atoms with Gasteiger partial charge in [-0.15, -0.1) is 0 Å². The van der Waals surface area contributed by atoms with E-state index in [9.17, 15) is 13.2 Å². The number of rotatable bonds is 10. The lowest BCUT2D eigenvalue weighted by Crippen LogP contribution is -2.38. The summed E-state index contributed by atoms with van der Waals surface area (Å²) in [5.74, 6) is 0.891. The van der Waals surface area contributed by atoms with Gasteiger partial charge in [-0.1, -0.05) is 53.6 Å². The second-order valence-electron chi connectivity index (χ2n) is 8.44. The Morgan fingerprint density at radius 1 is 0.821 bits per heavy atom. The van der Waals surface area contributed by atoms with Crippen LogP contribution < -0.4 is 23.8 Å². The lowest BCUT2D eigenvalue weighted by Gasteiger charge is -2.26. The number of aryl methyl sites for hydroxylation is 1. The highest BCUT2D eigenvalue weighted by molar-refractivity contribution is 7.92. The number of hydrogen-bond donors (Lipinski definition) is 1. The summed E-state index contributed by atoms with van der Waals surface area (Å²) >= 11 is 6.21. The van der Waals surface area contributed by atoms with Gasteiger partial charge in [0.1, 0.15) is 12.3 Å². The number of amides is 1. The van der Waals surface area contributed by atoms with Crippen molar-refractivity contribution < 1.29 is 27.4 Å². The van der Waals surface area contributed by atoms with Crippen molar-refractivity contribution in [2.24, 2.45) is 0 Å². The van der Waals surface area contributed by atoms with Crippen molar-refractivity contribution >= 4 is 38.9 Å². The molecule has 10 heteroatoms. The Kier molecular flexibility index (Phi) is 8.63. The SMILES string of the molecule is COc1ccccc1Oc1ccc(Cl)cc1NC(=O)CN(c1ccccc1OC)S(=O)(=O)c1ccc(C)cc1. The Bertz CT molecular complexity index is 1580. The molecule has 0 saturated carbocycles. The Balaban J connectivity index is 1.68. The second kappa shape index (κ2) is 12.1. The summed E-state index contributed by atoms with van der Waals surface area (Å²) in [6.07, 6.45) is 0. The monoisotopic (exact) mass is 566 g/mol. The molecule has 4 rings (SSSR count). The summed E-state index contributed by atoms with van der Waals surface area (Å²) in [5.41, 5.74) is 1.37. The molecule has 0 aromatic heterocycles. The minimum Gasteiger partial charge on any atom is -0.495 e. The van der Waals surface area contributed by atoms with Crippen LogP contribution in [0.2, 0.25) is 5.02 Å². The predicted molar refractivity (Wildman–Crippen MR) is 152 cm³/mol. The van der Waals surface area contributed by atoms with Crippen LogP contribution in [0.25, 0.3) is 0 Å². The van der Waals surface area contributed by atoms with Crippen LogP contribution in [-0.4, -0.2) is 35.1 Å². The number of nitrogens with zero attached hydrogens (tertiary/aromatic N) is 1. The maximum Gasteiger partial charge on any atom is 0.264 e. The van der Waals surface area contributed by atoms with Gasteiger partial charge in [-0.2, -0.15) is 0 Å². The number of para-hydroxylation sites is 4. The third-order valence-electron chi connectivity index (χ3n) is 5.75. The third-order valence-corrected chi connectivity index (χ3v) is 7.76. The average molecular weight is 567 g/mol. The number of ether oxygens (including phenoxy) is 3. The van der Waals surface area contributed by atoms with Crippen molar-refractivity contribution in [1.82, 2.24) is 0 Å². The van der Waals surface area contributed by atoms with Gasteiger partial charge >= 0.3 is 0 Å². The van der Waals surface area contributed by atoms with Gasteiger partial charge in [0.05, 0.1) is 30.5 Å². The summed E-state index contributed by atoms with van der Waals surface area (Å²) < 4.78 is 45.3. The second-order valence-corrected chi connectivity index (χ2v) is 10.7. The average Bonchev–Trinajstić information content (AvgIpc) is 2.93. The van der Waals surface area contributed by atoms with Crippen molar-refractivity contribution in [3.05, 3.63) is 102 Å². The zero-order valence-electron chi connectivity index (χ0n) is 21.6. The number of carbonyl (C=O) groups excluding carboxylic acids is 1. The first kappa shape index (κ1) is 27.8. The summed E-state index contributed by atoms with van der Waals surface area (Å²) in [6, 6.07) is 24.8. The highest BCUT2D eigenvalue weighted by Crippen LogP contribution is 2.37. The lowest BCUT2D eigenvalue weighted by atomic mass is 10.2. The molecule has 8 nitrogen and oxygen atoms in total. The molecule has 0 aliphatic rings. The van der Waals surface area contributed by atoms with E-state index in [1.165, 1.54) is 32.4 Å². The van der Waals surface area contributed by atoms with Crippen LogP contribution in [0.3, 0.4) is 0 Å². The third kappa shape index (κ3) is 6.45. The number of carbonyl (C=O) groups is 1. The van der Waals surface area contributed by atoms with Gasteiger partial charge in [-0.05, 0) is 61.5 Å². The molecule has 1 N–H and O–H groups in total. The molecule has 0 heterocycles. The standard InChI is InChI=1S/C29H27ClN2O6S/c1-20-12-15-22(16-13-20)39(34,35)32(24-8-4-5-9-26(24)36-2)19-29(33)31-23-18-21(30)14-17-25(23)38-28-11-7-6-10-27(28)37-3/h4-18H,19H2,1-3H3,(H,31,33). The molecule has 0 bridgehead atoms. The van der Waals surface area contributed by atoms with Gasteiger partial charge in [-0.25, -0.2) is 8.42 Å². The fraction of sp³-hybridized carbons (Fsp3) is 0.138. The molecule has 4 aromatic rings. The van der Waals surface area contributed by atoms with Crippen LogP contribution in [-0.2, 0) is 14.8 Å². The smallest absolute Gasteiger partial charge is 0.264 e. The maximum absolute atomic E-state index is 13.8. The summed E-state index contributed by atoms with van der Waals surface area (Å²) in [5, 5.41) is 3.10. The summed E-state index contributed by atoms with van der Waals surface area (Å²) in [4.78, 5) is 13.4. The molecule has 0 radical (unpaired) electrons. The van der Waals surface area contributed by atoms with Crippen LogP contribution in [0.1, 0.15) is 5.56 Å². The van der Waals surface area contributed by atoms with E-state index in [1.54, 1.807) is 72.8 Å². The number of nitrogens with one attached hydrogen (secondary N) is 1. The van der Waals surface area contributed by atoms with Crippen LogP contribution >= 0.6 is 11.6 Å². The van der Waals surface area contributed by atoms with E-state index < -0.39 is 22.5 Å². The van der Waals surface area contributed by atoms with E-state index in [-0.39, 0.29) is 16.3 Å². The Labute approximate surface area is 232 Å². The topological polar surface area (TPSA) is 94.2 Å². The Morgan fingerprint density at radius 2 is 1.44 bits per heavy atom. The maximum atomic E-state index is 13.8. The summed E-state index contributed by atoms with van der Waals surface area (Å²) in [7, 11) is -1.19. The number of halogens is 1. The normalized spacial score (nSPS) is 11.0. The minimum absolute atomic E-state index is 0.0368. The largest absolute Gasteiger partial charge is 0.495 e. The first-order valence-corrected chi connectivity index (χ1v) is 13.7. The zero-order chi connectivity index (χ0) is 28.0. The molecule has 0 spiro atoms. The Morgan fingerprint density at radius 3 is 2.10 bits per heavy atom. The first-order valence-electron chi connectivity index (χ1n) is 11.9. The molecular formula is C29H27ClN2O6S. The molecular weight excluding hydrogens is 540 g/mol. The highest BCUT2D eigenvalue weighted by Gasteiger charge is 2.29. The molecule has 39 heavy (non-hydrogen) atoms. The van der Waals surface area contributed by atoms with E-state index in [2.05, 4.69) is 5.32 Å². The van der Waals surface area contributed by atoms with Crippen molar-refractivity contribution in [3.63, 3.8) is 0 Å². The zero-order valence-corrected chi connectivity index (χ0v) is 23.1. The van der Waals surface area contributed by atoms with Gasteiger partial charge in [0, 0.05) is 5.02 Å². The van der Waals surface area contributed by atoms with E-state index in [4.69, 9.17) is 25.8 Å². The van der Waals surface area contributed by atoms with E-state index in [0.29, 0.717) is 28.0 Å². The van der Waals surface area contributed by atoms with Crippen molar-refractivity contribution in [1.29, 1.82) is 0 Å². The molecule has 202 valence electrons. The van der Waals surface area contributed by atoms with Gasteiger partial charge in [0.15, 0.2) is 17.2 Å².